The molecule has 47 heavy (non-hydrogen) atoms. The monoisotopic (exact) mass is 684 g/mol. The molecular weight excluding hydrogens is 641 g/mol. The second kappa shape index (κ2) is 19.0. The number of hydrogen-bond donors (Lipinski definition) is 4. The van der Waals surface area contributed by atoms with Crippen LogP contribution >= 0.6 is 11.8 Å². The first kappa shape index (κ1) is 37.5. The Bertz CT molecular complexity index is 1520. The van der Waals surface area contributed by atoms with Crippen molar-refractivity contribution < 1.29 is 33.1 Å². The Morgan fingerprint density at radius 3 is 2.13 bits per heavy atom. The third-order valence-electron chi connectivity index (χ3n) is 7.21. The zero-order valence-electron chi connectivity index (χ0n) is 26.9. The van der Waals surface area contributed by atoms with E-state index in [4.69, 9.17) is 9.94 Å². The van der Waals surface area contributed by atoms with E-state index >= 15 is 0 Å². The van der Waals surface area contributed by atoms with Crippen molar-refractivity contribution in [1.82, 2.24) is 14.9 Å². The number of amides is 2. The van der Waals surface area contributed by atoms with E-state index in [0.29, 0.717) is 17.7 Å². The van der Waals surface area contributed by atoms with Gasteiger partial charge in [0.1, 0.15) is 12.6 Å². The maximum Gasteiger partial charge on any atom is 0.408 e. The van der Waals surface area contributed by atoms with Crippen LogP contribution < -0.4 is 10.6 Å². The number of rotatable bonds is 18. The molecule has 254 valence electrons. The molecule has 0 aliphatic heterocycles. The summed E-state index contributed by atoms with van der Waals surface area (Å²) in [7, 11) is -4.05. The molecule has 11 nitrogen and oxygen atoms in total. The molecule has 4 N–H and O–H groups in total. The van der Waals surface area contributed by atoms with E-state index in [2.05, 4.69) is 15.8 Å². The van der Waals surface area contributed by atoms with Crippen LogP contribution in [-0.4, -0.2) is 84.5 Å². The molecule has 3 rings (SSSR count). The van der Waals surface area contributed by atoms with Crippen LogP contribution in [0.15, 0.2) is 95.0 Å². The van der Waals surface area contributed by atoms with Gasteiger partial charge in [0.05, 0.1) is 23.3 Å². The Morgan fingerprint density at radius 1 is 0.936 bits per heavy atom. The number of alkyl carbamates (subject to hydrolysis) is 1. The molecule has 0 saturated carbocycles. The standard InChI is InChI=1S/C34H44N4O7S2/c1-25(2)22-38(47(43,44)29-16-14-27(15-17-29)21-35-42)23-32(39)31(20-26-10-6-4-7-11-26)36-33(40)30(18-19-46-3)37-34(41)45-24-28-12-8-5-9-13-28/h4-17,21,25,30-32,39,42H,18-20,22-24H2,1-3H3,(H,36,40)(H,37,41)/b35-21+/t30-,31-,32+/m0/s1. The van der Waals surface area contributed by atoms with E-state index in [9.17, 15) is 23.1 Å². The van der Waals surface area contributed by atoms with Gasteiger partial charge >= 0.3 is 6.09 Å². The summed E-state index contributed by atoms with van der Waals surface area (Å²) >= 11 is 1.52. The van der Waals surface area contributed by atoms with Gasteiger partial charge in [0.25, 0.3) is 0 Å². The molecule has 3 aromatic carbocycles. The van der Waals surface area contributed by atoms with Crippen LogP contribution in [0.1, 0.15) is 37.0 Å². The lowest BCUT2D eigenvalue weighted by atomic mass is 10.00. The first-order valence-electron chi connectivity index (χ1n) is 15.3. The fourth-order valence-corrected chi connectivity index (χ4v) is 6.89. The number of nitrogens with zero attached hydrogens (tertiary/aromatic N) is 2. The van der Waals surface area contributed by atoms with Gasteiger partial charge in [-0.2, -0.15) is 16.1 Å². The van der Waals surface area contributed by atoms with Gasteiger partial charge < -0.3 is 25.7 Å². The summed E-state index contributed by atoms with van der Waals surface area (Å²) in [6, 6.07) is 22.4. The summed E-state index contributed by atoms with van der Waals surface area (Å²) < 4.78 is 34.1. The maximum absolute atomic E-state index is 13.8. The largest absolute Gasteiger partial charge is 0.445 e. The maximum atomic E-state index is 13.8. The lowest BCUT2D eigenvalue weighted by molar-refractivity contribution is -0.124. The number of carbonyl (C=O) groups is 2. The average Bonchev–Trinajstić information content (AvgIpc) is 3.06. The van der Waals surface area contributed by atoms with Gasteiger partial charge in [-0.1, -0.05) is 91.8 Å². The first-order valence-corrected chi connectivity index (χ1v) is 18.1. The molecule has 3 aromatic rings. The molecule has 2 amide bonds. The predicted molar refractivity (Wildman–Crippen MR) is 184 cm³/mol. The molecule has 13 heteroatoms. The van der Waals surface area contributed by atoms with E-state index in [-0.39, 0.29) is 36.9 Å². The number of hydrogen-bond acceptors (Lipinski definition) is 9. The molecule has 3 atom stereocenters. The van der Waals surface area contributed by atoms with Crippen molar-refractivity contribution in [1.29, 1.82) is 0 Å². The van der Waals surface area contributed by atoms with Crippen LogP contribution in [0.2, 0.25) is 0 Å². The number of nitrogens with one attached hydrogen (secondary N) is 2. The number of oxime groups is 1. The van der Waals surface area contributed by atoms with Gasteiger partial charge in [-0.05, 0) is 59.6 Å². The van der Waals surface area contributed by atoms with Gasteiger partial charge in [0, 0.05) is 13.1 Å². The lowest BCUT2D eigenvalue weighted by Crippen LogP contribution is -2.55. The summed E-state index contributed by atoms with van der Waals surface area (Å²) in [5, 5.41) is 28.9. The van der Waals surface area contributed by atoms with Crippen LogP contribution in [0.3, 0.4) is 0 Å². The van der Waals surface area contributed by atoms with Gasteiger partial charge in [-0.3, -0.25) is 4.79 Å². The zero-order chi connectivity index (χ0) is 34.2. The molecule has 0 aliphatic carbocycles. The van der Waals surface area contributed by atoms with Crippen LogP contribution in [0.5, 0.6) is 0 Å². The Kier molecular flexibility index (Phi) is 15.2. The number of aliphatic hydroxyl groups excluding tert-OH is 1. The van der Waals surface area contributed by atoms with Gasteiger partial charge in [0.2, 0.25) is 15.9 Å². The summed E-state index contributed by atoms with van der Waals surface area (Å²) in [5.41, 5.74) is 2.14. The quantitative estimate of drug-likeness (QED) is 0.0879. The van der Waals surface area contributed by atoms with Crippen LogP contribution in [0.25, 0.3) is 0 Å². The summed E-state index contributed by atoms with van der Waals surface area (Å²) in [6.07, 6.45) is 1.55. The number of thioether (sulfide) groups is 1. The Morgan fingerprint density at radius 2 is 1.55 bits per heavy atom. The smallest absolute Gasteiger partial charge is 0.408 e. The van der Waals surface area contributed by atoms with E-state index in [0.717, 1.165) is 11.1 Å². The number of sulfonamides is 1. The highest BCUT2D eigenvalue weighted by Crippen LogP contribution is 2.20. The molecular formula is C34H44N4O7S2. The molecule has 0 radical (unpaired) electrons. The lowest BCUT2D eigenvalue weighted by Gasteiger charge is -2.31. The Labute approximate surface area is 281 Å². The van der Waals surface area contributed by atoms with Crippen molar-refractivity contribution in [2.75, 3.05) is 25.1 Å². The average molecular weight is 685 g/mol. The van der Waals surface area contributed by atoms with E-state index in [1.54, 1.807) is 0 Å². The minimum atomic E-state index is -4.05. The van der Waals surface area contributed by atoms with Crippen molar-refractivity contribution in [3.8, 4) is 0 Å². The highest BCUT2D eigenvalue weighted by atomic mass is 32.2. The number of aliphatic hydroxyl groups is 1. The van der Waals surface area contributed by atoms with Crippen LogP contribution in [0, 0.1) is 5.92 Å². The minimum absolute atomic E-state index is 0.0134. The van der Waals surface area contributed by atoms with E-state index < -0.39 is 40.2 Å². The first-order chi connectivity index (χ1) is 22.5. The number of ether oxygens (including phenoxy) is 1. The molecule has 0 saturated heterocycles. The number of carbonyl (C=O) groups excluding carboxylic acids is 2. The summed E-state index contributed by atoms with van der Waals surface area (Å²) in [4.78, 5) is 26.4. The van der Waals surface area contributed by atoms with Crippen molar-refractivity contribution in [3.63, 3.8) is 0 Å². The fraction of sp³-hybridized carbons (Fsp3) is 0.382. The molecule has 0 unspecified atom stereocenters. The van der Waals surface area contributed by atoms with Crippen molar-refractivity contribution in [2.24, 2.45) is 11.1 Å². The van der Waals surface area contributed by atoms with E-state index in [1.165, 1.54) is 46.5 Å². The fourth-order valence-electron chi connectivity index (χ4n) is 4.80. The highest BCUT2D eigenvalue weighted by Gasteiger charge is 2.33. The van der Waals surface area contributed by atoms with Crippen molar-refractivity contribution in [3.05, 3.63) is 102 Å². The normalized spacial score (nSPS) is 13.7. The second-order valence-electron chi connectivity index (χ2n) is 11.4. The van der Waals surface area contributed by atoms with Crippen molar-refractivity contribution >= 4 is 40.0 Å². The third-order valence-corrected chi connectivity index (χ3v) is 9.70. The Hall–Kier alpha value is -3.91. The molecule has 0 aromatic heterocycles. The molecule has 0 heterocycles. The van der Waals surface area contributed by atoms with E-state index in [1.807, 2.05) is 80.8 Å². The summed E-state index contributed by atoms with van der Waals surface area (Å²) in [5.74, 6) is -0.0104. The number of benzene rings is 3. The SMILES string of the molecule is CSCC[C@H](NC(=O)OCc1ccccc1)C(=O)N[C@@H](Cc1ccccc1)[C@H](O)CN(CC(C)C)S(=O)(=O)c1ccc(/C=N/O)cc1. The van der Waals surface area contributed by atoms with Gasteiger partial charge in [-0.25, -0.2) is 13.2 Å². The Balaban J connectivity index is 1.82. The molecule has 0 bridgehead atoms. The third kappa shape index (κ3) is 12.3. The predicted octanol–water partition coefficient (Wildman–Crippen LogP) is 4.28. The van der Waals surface area contributed by atoms with Crippen LogP contribution in [-0.2, 0) is 32.6 Å². The second-order valence-corrected chi connectivity index (χ2v) is 14.4. The van der Waals surface area contributed by atoms with Gasteiger partial charge in [-0.15, -0.1) is 0 Å². The van der Waals surface area contributed by atoms with Crippen LogP contribution in [0.4, 0.5) is 4.79 Å². The molecule has 0 aliphatic rings. The highest BCUT2D eigenvalue weighted by molar-refractivity contribution is 7.98. The minimum Gasteiger partial charge on any atom is -0.445 e. The van der Waals surface area contributed by atoms with Crippen molar-refractivity contribution in [2.45, 2.75) is 56.4 Å². The molecule has 0 fully saturated rings. The molecule has 0 spiro atoms. The van der Waals surface area contributed by atoms with Gasteiger partial charge in [0.15, 0.2) is 0 Å². The topological polar surface area (TPSA) is 158 Å². The zero-order valence-corrected chi connectivity index (χ0v) is 28.5. The summed E-state index contributed by atoms with van der Waals surface area (Å²) in [6.45, 7) is 3.61.